The molecule has 0 aromatic carbocycles. The molecule has 2 aliphatic rings. The predicted molar refractivity (Wildman–Crippen MR) is 120 cm³/mol. The van der Waals surface area contributed by atoms with E-state index in [-0.39, 0.29) is 23.6 Å². The second-order valence-corrected chi connectivity index (χ2v) is 8.75. The van der Waals surface area contributed by atoms with Gasteiger partial charge in [0, 0.05) is 38.8 Å². The van der Waals surface area contributed by atoms with Crippen molar-refractivity contribution in [2.45, 2.75) is 71.1 Å². The Bertz CT molecular complexity index is 709. The van der Waals surface area contributed by atoms with E-state index in [4.69, 9.17) is 19.9 Å². The van der Waals surface area contributed by atoms with Gasteiger partial charge in [0.1, 0.15) is 5.69 Å². The first-order valence-corrected chi connectivity index (χ1v) is 11.8. The number of carbonyl (C=O) groups is 1. The standard InChI is InChI=1S/C23H38N4O4/c1-3-4-11-31-23-26-20-16(2)18(15-19(28)25-21(20)22(24)27-23)6-5-10-29-12-7-17-8-13-30-14-9-17/h16-18H,3-15H2,1-2H3,(H,25,28)(H2,24,26,27). The van der Waals surface area contributed by atoms with Crippen LogP contribution >= 0.6 is 0 Å². The number of nitrogen functional groups attached to an aromatic ring is 1. The maximum Gasteiger partial charge on any atom is 0.318 e. The number of hydrogen-bond donors (Lipinski definition) is 2. The minimum Gasteiger partial charge on any atom is -0.463 e. The van der Waals surface area contributed by atoms with E-state index in [0.717, 1.165) is 83.0 Å². The monoisotopic (exact) mass is 434 g/mol. The summed E-state index contributed by atoms with van der Waals surface area (Å²) in [6.07, 6.45) is 7.64. The largest absolute Gasteiger partial charge is 0.463 e. The van der Waals surface area contributed by atoms with E-state index in [1.165, 1.54) is 0 Å². The van der Waals surface area contributed by atoms with Crippen molar-refractivity contribution in [1.82, 2.24) is 9.97 Å². The average Bonchev–Trinajstić information content (AvgIpc) is 2.88. The highest BCUT2D eigenvalue weighted by Gasteiger charge is 2.31. The van der Waals surface area contributed by atoms with Gasteiger partial charge in [0.25, 0.3) is 0 Å². The molecular weight excluding hydrogens is 396 g/mol. The van der Waals surface area contributed by atoms with Gasteiger partial charge >= 0.3 is 6.01 Å². The van der Waals surface area contributed by atoms with Crippen molar-refractivity contribution < 1.29 is 19.0 Å². The van der Waals surface area contributed by atoms with Crippen LogP contribution in [-0.4, -0.2) is 48.9 Å². The molecule has 0 spiro atoms. The molecule has 3 heterocycles. The third-order valence-electron chi connectivity index (χ3n) is 6.40. The summed E-state index contributed by atoms with van der Waals surface area (Å²) in [5, 5.41) is 2.91. The third-order valence-corrected chi connectivity index (χ3v) is 6.40. The molecule has 0 radical (unpaired) electrons. The zero-order valence-electron chi connectivity index (χ0n) is 19.0. The number of amides is 1. The molecule has 0 aliphatic carbocycles. The van der Waals surface area contributed by atoms with Crippen LogP contribution in [0.1, 0.15) is 76.8 Å². The summed E-state index contributed by atoms with van der Waals surface area (Å²) in [4.78, 5) is 21.3. The number of anilines is 2. The van der Waals surface area contributed by atoms with Crippen molar-refractivity contribution in [3.8, 4) is 6.01 Å². The zero-order chi connectivity index (χ0) is 22.1. The Kier molecular flexibility index (Phi) is 9.33. The smallest absolute Gasteiger partial charge is 0.318 e. The van der Waals surface area contributed by atoms with Gasteiger partial charge < -0.3 is 25.3 Å². The Labute approximate surface area is 185 Å². The fourth-order valence-electron chi connectivity index (χ4n) is 4.32. The zero-order valence-corrected chi connectivity index (χ0v) is 19.0. The molecule has 31 heavy (non-hydrogen) atoms. The SMILES string of the molecule is CCCCOc1nc(N)c2c(n1)C(C)C(CCCOCCC1CCOCC1)CC(=O)N2. The van der Waals surface area contributed by atoms with Crippen LogP contribution in [0.15, 0.2) is 0 Å². The van der Waals surface area contributed by atoms with Crippen LogP contribution < -0.4 is 15.8 Å². The number of unbranched alkanes of at least 4 members (excludes halogenated alkanes) is 1. The van der Waals surface area contributed by atoms with E-state index in [9.17, 15) is 4.79 Å². The van der Waals surface area contributed by atoms with Crippen molar-refractivity contribution in [3.63, 3.8) is 0 Å². The van der Waals surface area contributed by atoms with Gasteiger partial charge in [0.05, 0.1) is 12.3 Å². The van der Waals surface area contributed by atoms with Gasteiger partial charge in [-0.05, 0) is 50.4 Å². The van der Waals surface area contributed by atoms with Crippen LogP contribution in [0.3, 0.4) is 0 Å². The van der Waals surface area contributed by atoms with Gasteiger partial charge in [-0.25, -0.2) is 0 Å². The average molecular weight is 435 g/mol. The number of fused-ring (bicyclic) bond motifs is 1. The van der Waals surface area contributed by atoms with Gasteiger partial charge in [-0.1, -0.05) is 20.3 Å². The fourth-order valence-corrected chi connectivity index (χ4v) is 4.32. The molecule has 0 saturated carbocycles. The van der Waals surface area contributed by atoms with Crippen molar-refractivity contribution in [3.05, 3.63) is 5.69 Å². The summed E-state index contributed by atoms with van der Waals surface area (Å²) >= 11 is 0. The number of nitrogens with one attached hydrogen (secondary N) is 1. The van der Waals surface area contributed by atoms with Gasteiger partial charge in [0.15, 0.2) is 5.82 Å². The van der Waals surface area contributed by atoms with Gasteiger partial charge in [0.2, 0.25) is 5.91 Å². The summed E-state index contributed by atoms with van der Waals surface area (Å²) in [5.74, 6) is 1.22. The number of carbonyl (C=O) groups excluding carboxylic acids is 1. The molecule has 8 nitrogen and oxygen atoms in total. The maximum atomic E-state index is 12.5. The molecule has 2 aliphatic heterocycles. The van der Waals surface area contributed by atoms with Crippen molar-refractivity contribution in [2.75, 3.05) is 44.1 Å². The molecule has 1 aromatic heterocycles. The highest BCUT2D eigenvalue weighted by molar-refractivity contribution is 5.95. The number of ether oxygens (including phenoxy) is 3. The van der Waals surface area contributed by atoms with E-state index >= 15 is 0 Å². The number of aromatic nitrogens is 2. The Morgan fingerprint density at radius 3 is 2.71 bits per heavy atom. The topological polar surface area (TPSA) is 109 Å². The summed E-state index contributed by atoms with van der Waals surface area (Å²) in [7, 11) is 0. The second-order valence-electron chi connectivity index (χ2n) is 8.75. The Morgan fingerprint density at radius 2 is 1.94 bits per heavy atom. The molecule has 8 heteroatoms. The molecular formula is C23H38N4O4. The van der Waals surface area contributed by atoms with E-state index in [1.807, 2.05) is 0 Å². The number of rotatable bonds is 11. The van der Waals surface area contributed by atoms with E-state index in [2.05, 4.69) is 29.1 Å². The lowest BCUT2D eigenvalue weighted by Gasteiger charge is -2.22. The normalized spacial score (nSPS) is 21.9. The Balaban J connectivity index is 1.51. The van der Waals surface area contributed by atoms with Crippen LogP contribution in [0.4, 0.5) is 11.5 Å². The summed E-state index contributed by atoms with van der Waals surface area (Å²) < 4.78 is 17.0. The molecule has 1 fully saturated rings. The molecule has 1 amide bonds. The first-order valence-electron chi connectivity index (χ1n) is 11.8. The lowest BCUT2D eigenvalue weighted by atomic mass is 9.85. The minimum absolute atomic E-state index is 0.0361. The van der Waals surface area contributed by atoms with Gasteiger partial charge in [-0.3, -0.25) is 4.79 Å². The number of hydrogen-bond acceptors (Lipinski definition) is 7. The number of nitrogens with two attached hydrogens (primary N) is 1. The highest BCUT2D eigenvalue weighted by atomic mass is 16.5. The quantitative estimate of drug-likeness (QED) is 0.508. The predicted octanol–water partition coefficient (Wildman–Crippen LogP) is 3.91. The molecule has 1 aromatic rings. The maximum absolute atomic E-state index is 12.5. The summed E-state index contributed by atoms with van der Waals surface area (Å²) in [5.41, 5.74) is 7.44. The van der Waals surface area contributed by atoms with E-state index in [0.29, 0.717) is 24.7 Å². The van der Waals surface area contributed by atoms with Crippen LogP contribution in [0.5, 0.6) is 6.01 Å². The lowest BCUT2D eigenvalue weighted by Crippen LogP contribution is -2.18. The molecule has 2 atom stereocenters. The van der Waals surface area contributed by atoms with Crippen LogP contribution in [0, 0.1) is 11.8 Å². The molecule has 3 N–H and O–H groups in total. The van der Waals surface area contributed by atoms with Crippen molar-refractivity contribution in [2.24, 2.45) is 11.8 Å². The molecule has 0 bridgehead atoms. The number of nitrogens with zero attached hydrogens (tertiary/aromatic N) is 2. The Morgan fingerprint density at radius 1 is 1.13 bits per heavy atom. The third kappa shape index (κ3) is 7.04. The minimum atomic E-state index is -0.0361. The van der Waals surface area contributed by atoms with Crippen molar-refractivity contribution >= 4 is 17.4 Å². The highest BCUT2D eigenvalue weighted by Crippen LogP contribution is 2.39. The summed E-state index contributed by atoms with van der Waals surface area (Å²) in [6, 6.07) is 0.294. The van der Waals surface area contributed by atoms with Gasteiger partial charge in [-0.2, -0.15) is 9.97 Å². The second kappa shape index (κ2) is 12.2. The van der Waals surface area contributed by atoms with Crippen LogP contribution in [0.2, 0.25) is 0 Å². The van der Waals surface area contributed by atoms with E-state index < -0.39 is 0 Å². The molecule has 2 unspecified atom stereocenters. The van der Waals surface area contributed by atoms with Crippen LogP contribution in [-0.2, 0) is 14.3 Å². The molecule has 174 valence electrons. The lowest BCUT2D eigenvalue weighted by molar-refractivity contribution is -0.117. The van der Waals surface area contributed by atoms with Gasteiger partial charge in [-0.15, -0.1) is 0 Å². The van der Waals surface area contributed by atoms with E-state index in [1.54, 1.807) is 0 Å². The molecule has 1 saturated heterocycles. The first kappa shape index (κ1) is 23.7. The Hall–Kier alpha value is -1.93. The van der Waals surface area contributed by atoms with Crippen LogP contribution in [0.25, 0.3) is 0 Å². The summed E-state index contributed by atoms with van der Waals surface area (Å²) in [6.45, 7) is 8.06. The fraction of sp³-hybridized carbons (Fsp3) is 0.783. The molecule has 3 rings (SSSR count). The van der Waals surface area contributed by atoms with Crippen molar-refractivity contribution in [1.29, 1.82) is 0 Å². The first-order chi connectivity index (χ1) is 15.1.